The summed E-state index contributed by atoms with van der Waals surface area (Å²) in [5.41, 5.74) is 1.40. The normalized spacial score (nSPS) is 28.5. The van der Waals surface area contributed by atoms with E-state index >= 15 is 0 Å². The van der Waals surface area contributed by atoms with Gasteiger partial charge in [-0.3, -0.25) is 4.79 Å². The lowest BCUT2D eigenvalue weighted by Crippen LogP contribution is -2.54. The second kappa shape index (κ2) is 5.38. The Hall–Kier alpha value is -1.35. The molecule has 2 heterocycles. The number of piperidine rings is 1. The van der Waals surface area contributed by atoms with E-state index in [-0.39, 0.29) is 5.54 Å². The van der Waals surface area contributed by atoms with E-state index in [1.54, 1.807) is 0 Å². The van der Waals surface area contributed by atoms with E-state index in [9.17, 15) is 4.79 Å². The molecule has 1 saturated carbocycles. The third-order valence-corrected chi connectivity index (χ3v) is 6.21. The van der Waals surface area contributed by atoms with Gasteiger partial charge in [0.1, 0.15) is 0 Å². The second-order valence-electron chi connectivity index (χ2n) is 7.47. The quantitative estimate of drug-likeness (QED) is 0.856. The fraction of sp³-hybridized carbons (Fsp3) is 0.632. The molecule has 1 aromatic rings. The number of carbonyl (C=O) groups is 1. The summed E-state index contributed by atoms with van der Waals surface area (Å²) in [5.74, 6) is 1.65. The van der Waals surface area contributed by atoms with Crippen molar-refractivity contribution in [3.05, 3.63) is 35.9 Å². The monoisotopic (exact) mass is 298 g/mol. The number of benzene rings is 1. The molecule has 118 valence electrons. The molecule has 0 aromatic heterocycles. The maximum atomic E-state index is 12.4. The van der Waals surface area contributed by atoms with Crippen molar-refractivity contribution in [1.82, 2.24) is 9.80 Å². The van der Waals surface area contributed by atoms with Crippen molar-refractivity contribution in [2.24, 2.45) is 5.92 Å². The van der Waals surface area contributed by atoms with E-state index in [1.807, 2.05) is 7.05 Å². The van der Waals surface area contributed by atoms with Gasteiger partial charge in [-0.1, -0.05) is 30.3 Å². The zero-order valence-corrected chi connectivity index (χ0v) is 13.5. The molecule has 2 saturated heterocycles. The van der Waals surface area contributed by atoms with Crippen LogP contribution in [-0.2, 0) is 4.79 Å². The average molecular weight is 298 g/mol. The smallest absolute Gasteiger partial charge is 0.223 e. The maximum Gasteiger partial charge on any atom is 0.223 e. The maximum absolute atomic E-state index is 12.4. The van der Waals surface area contributed by atoms with Crippen LogP contribution in [0.4, 0.5) is 0 Å². The van der Waals surface area contributed by atoms with Crippen LogP contribution in [0.3, 0.4) is 0 Å². The minimum absolute atomic E-state index is 0.0541. The van der Waals surface area contributed by atoms with E-state index in [2.05, 4.69) is 40.1 Å². The fourth-order valence-corrected chi connectivity index (χ4v) is 4.57. The molecule has 1 aromatic carbocycles. The molecule has 3 nitrogen and oxygen atoms in total. The predicted octanol–water partition coefficient (Wildman–Crippen LogP) is 2.88. The Morgan fingerprint density at radius 2 is 1.82 bits per heavy atom. The van der Waals surface area contributed by atoms with E-state index in [1.165, 1.54) is 24.9 Å². The molecule has 1 atom stereocenters. The summed E-state index contributed by atoms with van der Waals surface area (Å²) >= 11 is 0. The molecule has 0 unspecified atom stereocenters. The van der Waals surface area contributed by atoms with E-state index < -0.39 is 0 Å². The van der Waals surface area contributed by atoms with E-state index in [0.717, 1.165) is 31.8 Å². The topological polar surface area (TPSA) is 23.6 Å². The lowest BCUT2D eigenvalue weighted by molar-refractivity contribution is -0.130. The highest BCUT2D eigenvalue weighted by Gasteiger charge is 2.52. The van der Waals surface area contributed by atoms with Gasteiger partial charge < -0.3 is 9.80 Å². The van der Waals surface area contributed by atoms with Crippen LogP contribution >= 0.6 is 0 Å². The Labute approximate surface area is 133 Å². The minimum atomic E-state index is 0.0541. The molecule has 2 aliphatic heterocycles. The van der Waals surface area contributed by atoms with Gasteiger partial charge in [-0.25, -0.2) is 0 Å². The van der Waals surface area contributed by atoms with Crippen LogP contribution < -0.4 is 0 Å². The lowest BCUT2D eigenvalue weighted by atomic mass is 9.73. The molecule has 3 fully saturated rings. The zero-order chi connectivity index (χ0) is 15.2. The highest BCUT2D eigenvalue weighted by Crippen LogP contribution is 2.48. The molecular weight excluding hydrogens is 272 g/mol. The van der Waals surface area contributed by atoms with Crippen LogP contribution in [0.2, 0.25) is 0 Å². The van der Waals surface area contributed by atoms with Crippen molar-refractivity contribution < 1.29 is 4.79 Å². The molecule has 22 heavy (non-hydrogen) atoms. The van der Waals surface area contributed by atoms with Crippen LogP contribution in [0, 0.1) is 5.92 Å². The standard InChI is InChI=1S/C19H26N2O/c1-20-18(22)13-17(16-5-3-2-4-6-16)19(20)9-11-21(12-10-19)14-15-7-8-15/h2-6,15,17H,7-14H2,1H3/t17-/m0/s1. The summed E-state index contributed by atoms with van der Waals surface area (Å²) in [6.45, 7) is 3.58. The number of hydrogen-bond acceptors (Lipinski definition) is 2. The Balaban J connectivity index is 1.55. The SMILES string of the molecule is CN1C(=O)C[C@@H](c2ccccc2)C12CCN(CC1CC1)CC2. The molecule has 4 rings (SSSR count). The van der Waals surface area contributed by atoms with Gasteiger partial charge in [0.15, 0.2) is 0 Å². The molecule has 3 aliphatic rings. The van der Waals surface area contributed by atoms with Gasteiger partial charge >= 0.3 is 0 Å². The van der Waals surface area contributed by atoms with Gasteiger partial charge in [0, 0.05) is 39.0 Å². The van der Waals surface area contributed by atoms with Gasteiger partial charge in [-0.05, 0) is 37.2 Å². The van der Waals surface area contributed by atoms with Crippen LogP contribution in [0.1, 0.15) is 43.6 Å². The van der Waals surface area contributed by atoms with Crippen molar-refractivity contribution in [2.75, 3.05) is 26.7 Å². The summed E-state index contributed by atoms with van der Waals surface area (Å²) in [7, 11) is 2.03. The third kappa shape index (κ3) is 2.36. The number of rotatable bonds is 3. The Morgan fingerprint density at radius 1 is 1.14 bits per heavy atom. The van der Waals surface area contributed by atoms with Crippen molar-refractivity contribution in [2.45, 2.75) is 43.6 Å². The largest absolute Gasteiger partial charge is 0.339 e. The Morgan fingerprint density at radius 3 is 2.45 bits per heavy atom. The molecule has 0 bridgehead atoms. The number of hydrogen-bond donors (Lipinski definition) is 0. The first-order chi connectivity index (χ1) is 10.7. The number of likely N-dealkylation sites (N-methyl/N-ethyl adjacent to an activating group) is 1. The Kier molecular flexibility index (Phi) is 3.48. The molecule has 3 heteroatoms. The Bertz CT molecular complexity index is 544. The van der Waals surface area contributed by atoms with Crippen molar-refractivity contribution in [1.29, 1.82) is 0 Å². The first-order valence-electron chi connectivity index (χ1n) is 8.73. The van der Waals surface area contributed by atoms with Crippen LogP contribution in [-0.4, -0.2) is 47.9 Å². The molecule has 0 N–H and O–H groups in total. The third-order valence-electron chi connectivity index (χ3n) is 6.21. The highest BCUT2D eigenvalue weighted by atomic mass is 16.2. The lowest BCUT2D eigenvalue weighted by Gasteiger charge is -2.47. The highest BCUT2D eigenvalue weighted by molar-refractivity contribution is 5.81. The summed E-state index contributed by atoms with van der Waals surface area (Å²) in [6.07, 6.45) is 5.78. The first-order valence-corrected chi connectivity index (χ1v) is 8.73. The van der Waals surface area contributed by atoms with Crippen LogP contribution in [0.15, 0.2) is 30.3 Å². The van der Waals surface area contributed by atoms with Gasteiger partial charge in [0.05, 0.1) is 5.54 Å². The van der Waals surface area contributed by atoms with Crippen molar-refractivity contribution in [3.63, 3.8) is 0 Å². The molecule has 1 aliphatic carbocycles. The summed E-state index contributed by atoms with van der Waals surface area (Å²) in [4.78, 5) is 17.1. The van der Waals surface area contributed by atoms with Gasteiger partial charge in [-0.15, -0.1) is 0 Å². The predicted molar refractivity (Wildman–Crippen MR) is 87.7 cm³/mol. The molecular formula is C19H26N2O. The van der Waals surface area contributed by atoms with E-state index in [0.29, 0.717) is 18.2 Å². The van der Waals surface area contributed by atoms with Gasteiger partial charge in [-0.2, -0.15) is 0 Å². The van der Waals surface area contributed by atoms with Crippen molar-refractivity contribution >= 4 is 5.91 Å². The zero-order valence-electron chi connectivity index (χ0n) is 13.5. The molecule has 0 radical (unpaired) electrons. The average Bonchev–Trinajstić information content (AvgIpc) is 3.34. The first kappa shape index (κ1) is 14.3. The van der Waals surface area contributed by atoms with Crippen LogP contribution in [0.25, 0.3) is 0 Å². The number of amides is 1. The van der Waals surface area contributed by atoms with Gasteiger partial charge in [0.25, 0.3) is 0 Å². The number of carbonyl (C=O) groups excluding carboxylic acids is 1. The van der Waals surface area contributed by atoms with Crippen LogP contribution in [0.5, 0.6) is 0 Å². The second-order valence-corrected chi connectivity index (χ2v) is 7.47. The summed E-state index contributed by atoms with van der Waals surface area (Å²) in [5, 5.41) is 0. The summed E-state index contributed by atoms with van der Waals surface area (Å²) < 4.78 is 0. The fourth-order valence-electron chi connectivity index (χ4n) is 4.57. The number of nitrogens with zero attached hydrogens (tertiary/aromatic N) is 2. The van der Waals surface area contributed by atoms with Crippen molar-refractivity contribution in [3.8, 4) is 0 Å². The molecule has 1 spiro atoms. The van der Waals surface area contributed by atoms with Gasteiger partial charge in [0.2, 0.25) is 5.91 Å². The van der Waals surface area contributed by atoms with E-state index in [4.69, 9.17) is 0 Å². The minimum Gasteiger partial charge on any atom is -0.339 e. The summed E-state index contributed by atoms with van der Waals surface area (Å²) in [6, 6.07) is 10.7. The number of likely N-dealkylation sites (tertiary alicyclic amines) is 2. The molecule has 1 amide bonds.